The number of aryl methyl sites for hydroxylation is 1. The summed E-state index contributed by atoms with van der Waals surface area (Å²) >= 11 is 0. The lowest BCUT2D eigenvalue weighted by molar-refractivity contribution is -0.384. The molecule has 0 radical (unpaired) electrons. The van der Waals surface area contributed by atoms with E-state index in [-0.39, 0.29) is 36.0 Å². The van der Waals surface area contributed by atoms with Crippen molar-refractivity contribution in [1.82, 2.24) is 4.90 Å². The molecule has 1 fully saturated rings. The van der Waals surface area contributed by atoms with Crippen LogP contribution in [0.15, 0.2) is 18.2 Å². The zero-order chi connectivity index (χ0) is 16.3. The third-order valence-corrected chi connectivity index (χ3v) is 3.57. The molecule has 0 spiro atoms. The zero-order valence-electron chi connectivity index (χ0n) is 13.0. The molecule has 1 aromatic rings. The van der Waals surface area contributed by atoms with Crippen LogP contribution in [-0.2, 0) is 9.53 Å². The fourth-order valence-electron chi connectivity index (χ4n) is 2.76. The molecule has 1 aliphatic heterocycles. The summed E-state index contributed by atoms with van der Waals surface area (Å²) in [5, 5.41) is 13.7. The fourth-order valence-corrected chi connectivity index (χ4v) is 2.76. The van der Waals surface area contributed by atoms with Gasteiger partial charge in [-0.2, -0.15) is 0 Å². The Hall–Kier alpha value is -1.99. The van der Waals surface area contributed by atoms with Crippen molar-refractivity contribution in [2.75, 3.05) is 25.0 Å². The second-order valence-electron chi connectivity index (χ2n) is 5.73. The van der Waals surface area contributed by atoms with Gasteiger partial charge in [-0.3, -0.25) is 19.8 Å². The third kappa shape index (κ3) is 4.02. The van der Waals surface area contributed by atoms with Gasteiger partial charge in [-0.05, 0) is 26.3 Å². The van der Waals surface area contributed by atoms with E-state index in [4.69, 9.17) is 4.74 Å². The highest BCUT2D eigenvalue weighted by Gasteiger charge is 2.25. The summed E-state index contributed by atoms with van der Waals surface area (Å²) in [4.78, 5) is 24.8. The number of rotatable bonds is 4. The Kier molecular flexibility index (Phi) is 5.10. The number of nitrogens with zero attached hydrogens (tertiary/aromatic N) is 2. The molecule has 0 bridgehead atoms. The number of hydrogen-bond acceptors (Lipinski definition) is 5. The van der Waals surface area contributed by atoms with Gasteiger partial charge in [0.2, 0.25) is 5.91 Å². The Labute approximate surface area is 129 Å². The predicted octanol–water partition coefficient (Wildman–Crippen LogP) is 1.95. The molecule has 7 nitrogen and oxygen atoms in total. The molecular weight excluding hydrogens is 286 g/mol. The Balaban J connectivity index is 2.05. The minimum atomic E-state index is -0.485. The van der Waals surface area contributed by atoms with Crippen molar-refractivity contribution >= 4 is 17.3 Å². The first kappa shape index (κ1) is 16.4. The average Bonchev–Trinajstić information content (AvgIpc) is 2.39. The first-order valence-electron chi connectivity index (χ1n) is 7.28. The topological polar surface area (TPSA) is 84.7 Å². The van der Waals surface area contributed by atoms with Crippen molar-refractivity contribution in [3.63, 3.8) is 0 Å². The molecule has 0 aliphatic carbocycles. The molecule has 2 rings (SSSR count). The second-order valence-corrected chi connectivity index (χ2v) is 5.73. The summed E-state index contributed by atoms with van der Waals surface area (Å²) < 4.78 is 5.62. The smallest absolute Gasteiger partial charge is 0.293 e. The van der Waals surface area contributed by atoms with E-state index in [1.54, 1.807) is 19.1 Å². The van der Waals surface area contributed by atoms with Crippen LogP contribution in [0.25, 0.3) is 0 Å². The number of hydrogen-bond donors (Lipinski definition) is 1. The molecule has 0 unspecified atom stereocenters. The number of amides is 1. The highest BCUT2D eigenvalue weighted by molar-refractivity contribution is 5.95. The zero-order valence-corrected chi connectivity index (χ0v) is 13.0. The van der Waals surface area contributed by atoms with Crippen molar-refractivity contribution in [3.8, 4) is 0 Å². The molecular formula is C15H21N3O4. The van der Waals surface area contributed by atoms with Crippen LogP contribution >= 0.6 is 0 Å². The van der Waals surface area contributed by atoms with Crippen molar-refractivity contribution < 1.29 is 14.5 Å². The molecule has 7 heteroatoms. The maximum absolute atomic E-state index is 12.2. The lowest BCUT2D eigenvalue weighted by Gasteiger charge is -2.34. The van der Waals surface area contributed by atoms with E-state index in [2.05, 4.69) is 5.32 Å². The molecule has 0 aromatic heterocycles. The van der Waals surface area contributed by atoms with Crippen molar-refractivity contribution in [2.24, 2.45) is 0 Å². The van der Waals surface area contributed by atoms with Crippen molar-refractivity contribution in [1.29, 1.82) is 0 Å². The van der Waals surface area contributed by atoms with Crippen LogP contribution in [0, 0.1) is 17.0 Å². The van der Waals surface area contributed by atoms with Crippen LogP contribution in [0.4, 0.5) is 11.4 Å². The number of morpholine rings is 1. The molecule has 1 N–H and O–H groups in total. The first-order chi connectivity index (χ1) is 10.4. The number of nitro groups is 1. The monoisotopic (exact) mass is 307 g/mol. The number of para-hydroxylation sites is 1. The minimum Gasteiger partial charge on any atom is -0.373 e. The van der Waals surface area contributed by atoms with Gasteiger partial charge in [0.1, 0.15) is 5.69 Å². The Bertz CT molecular complexity index is 566. The number of nitro benzene ring substituents is 1. The summed E-state index contributed by atoms with van der Waals surface area (Å²) in [6.07, 6.45) is 0.147. The molecule has 1 heterocycles. The van der Waals surface area contributed by atoms with Gasteiger partial charge in [0.15, 0.2) is 0 Å². The molecule has 120 valence electrons. The normalized spacial score (nSPS) is 22.3. The Morgan fingerprint density at radius 3 is 2.64 bits per heavy atom. The van der Waals surface area contributed by atoms with Crippen LogP contribution < -0.4 is 5.32 Å². The summed E-state index contributed by atoms with van der Waals surface area (Å²) in [6, 6.07) is 4.73. The van der Waals surface area contributed by atoms with E-state index in [9.17, 15) is 14.9 Å². The van der Waals surface area contributed by atoms with E-state index in [1.165, 1.54) is 6.07 Å². The molecule has 1 aliphatic rings. The highest BCUT2D eigenvalue weighted by atomic mass is 16.6. The number of carbonyl (C=O) groups excluding carboxylic acids is 1. The van der Waals surface area contributed by atoms with E-state index in [0.29, 0.717) is 18.7 Å². The van der Waals surface area contributed by atoms with Crippen LogP contribution in [0.5, 0.6) is 0 Å². The minimum absolute atomic E-state index is 0.0735. The fraction of sp³-hybridized carbons (Fsp3) is 0.533. The highest BCUT2D eigenvalue weighted by Crippen LogP contribution is 2.27. The van der Waals surface area contributed by atoms with Gasteiger partial charge in [-0.25, -0.2) is 0 Å². The largest absolute Gasteiger partial charge is 0.373 e. The van der Waals surface area contributed by atoms with Crippen LogP contribution in [0.3, 0.4) is 0 Å². The molecule has 1 amide bonds. The van der Waals surface area contributed by atoms with Gasteiger partial charge in [-0.15, -0.1) is 0 Å². The van der Waals surface area contributed by atoms with Crippen molar-refractivity contribution in [3.05, 3.63) is 33.9 Å². The van der Waals surface area contributed by atoms with Crippen LogP contribution in [0.2, 0.25) is 0 Å². The lowest BCUT2D eigenvalue weighted by Crippen LogP contribution is -2.48. The average molecular weight is 307 g/mol. The summed E-state index contributed by atoms with van der Waals surface area (Å²) in [7, 11) is 0. The summed E-state index contributed by atoms with van der Waals surface area (Å²) in [5.74, 6) is -0.251. The van der Waals surface area contributed by atoms with Crippen molar-refractivity contribution in [2.45, 2.75) is 33.0 Å². The number of benzene rings is 1. The number of anilines is 1. The van der Waals surface area contributed by atoms with Gasteiger partial charge in [-0.1, -0.05) is 12.1 Å². The van der Waals surface area contributed by atoms with Gasteiger partial charge in [0.05, 0.1) is 23.7 Å². The molecule has 0 saturated carbocycles. The molecule has 1 aromatic carbocycles. The molecule has 22 heavy (non-hydrogen) atoms. The molecule has 1 saturated heterocycles. The number of ether oxygens (including phenoxy) is 1. The maximum atomic E-state index is 12.2. The van der Waals surface area contributed by atoms with Crippen LogP contribution in [-0.4, -0.2) is 47.6 Å². The van der Waals surface area contributed by atoms with Gasteiger partial charge in [0, 0.05) is 19.2 Å². The maximum Gasteiger partial charge on any atom is 0.293 e. The van der Waals surface area contributed by atoms with E-state index in [0.717, 1.165) is 0 Å². The van der Waals surface area contributed by atoms with Gasteiger partial charge >= 0.3 is 0 Å². The SMILES string of the molecule is Cc1cccc([N+](=O)[O-])c1NC(=O)CN1C[C@@H](C)O[C@@H](C)C1. The second kappa shape index (κ2) is 6.85. The van der Waals surface area contributed by atoms with E-state index >= 15 is 0 Å². The van der Waals surface area contributed by atoms with Crippen LogP contribution in [0.1, 0.15) is 19.4 Å². The summed E-state index contributed by atoms with van der Waals surface area (Å²) in [5.41, 5.74) is 0.857. The van der Waals surface area contributed by atoms with Gasteiger partial charge in [0.25, 0.3) is 5.69 Å². The number of carbonyl (C=O) groups is 1. The lowest BCUT2D eigenvalue weighted by atomic mass is 10.1. The van der Waals surface area contributed by atoms with E-state index in [1.807, 2.05) is 18.7 Å². The van der Waals surface area contributed by atoms with Gasteiger partial charge < -0.3 is 10.1 Å². The third-order valence-electron chi connectivity index (χ3n) is 3.57. The molecule has 2 atom stereocenters. The summed E-state index contributed by atoms with van der Waals surface area (Å²) in [6.45, 7) is 7.21. The first-order valence-corrected chi connectivity index (χ1v) is 7.28. The standard InChI is InChI=1S/C15H21N3O4/c1-10-5-4-6-13(18(20)21)15(10)16-14(19)9-17-7-11(2)22-12(3)8-17/h4-6,11-12H,7-9H2,1-3H3,(H,16,19)/t11-,12+. The van der Waals surface area contributed by atoms with E-state index < -0.39 is 4.92 Å². The number of nitrogens with one attached hydrogen (secondary N) is 1. The Morgan fingerprint density at radius 1 is 1.41 bits per heavy atom. The quantitative estimate of drug-likeness (QED) is 0.679. The predicted molar refractivity (Wildman–Crippen MR) is 82.9 cm³/mol. The Morgan fingerprint density at radius 2 is 2.05 bits per heavy atom.